The van der Waals surface area contributed by atoms with Crippen LogP contribution in [-0.4, -0.2) is 32.2 Å². The molecule has 0 radical (unpaired) electrons. The Balaban J connectivity index is 4.46. The fourth-order valence-corrected chi connectivity index (χ4v) is 1.45. The van der Waals surface area contributed by atoms with Gasteiger partial charge in [-0.25, -0.2) is 4.72 Å². The van der Waals surface area contributed by atoms with E-state index in [-0.39, 0.29) is 0 Å². The molecular formula is C6H16N2O3S. The number of nitrogens with one attached hydrogen (secondary N) is 2. The first kappa shape index (κ1) is 11.8. The van der Waals surface area contributed by atoms with Crippen molar-refractivity contribution in [3.8, 4) is 0 Å². The Morgan fingerprint density at radius 1 is 1.42 bits per heavy atom. The highest BCUT2D eigenvalue weighted by Gasteiger charge is 2.28. The first-order valence-corrected chi connectivity index (χ1v) is 5.10. The zero-order valence-electron chi connectivity index (χ0n) is 7.75. The van der Waals surface area contributed by atoms with Gasteiger partial charge in [0.2, 0.25) is 0 Å². The van der Waals surface area contributed by atoms with E-state index >= 15 is 0 Å². The maximum Gasteiger partial charge on any atom is 0.277 e. The van der Waals surface area contributed by atoms with Crippen LogP contribution >= 0.6 is 0 Å². The lowest BCUT2D eigenvalue weighted by Crippen LogP contribution is -2.53. The van der Waals surface area contributed by atoms with Crippen molar-refractivity contribution in [3.63, 3.8) is 0 Å². The number of hydrogen-bond donors (Lipinski definition) is 3. The Labute approximate surface area is 73.4 Å². The number of rotatable bonds is 4. The topological polar surface area (TPSA) is 78.4 Å². The SMILES string of the molecule is CNS(=O)(=O)NC(C)(C)C(C)O. The zero-order valence-corrected chi connectivity index (χ0v) is 8.57. The van der Waals surface area contributed by atoms with Crippen LogP contribution in [0.25, 0.3) is 0 Å². The van der Waals surface area contributed by atoms with Crippen molar-refractivity contribution in [2.45, 2.75) is 32.4 Å². The Hall–Kier alpha value is -0.170. The van der Waals surface area contributed by atoms with Crippen LogP contribution in [0, 0.1) is 0 Å². The summed E-state index contributed by atoms with van der Waals surface area (Å²) >= 11 is 0. The molecule has 0 aliphatic rings. The average molecular weight is 196 g/mol. The molecule has 0 aromatic heterocycles. The van der Waals surface area contributed by atoms with Crippen molar-refractivity contribution in [2.75, 3.05) is 7.05 Å². The Bertz CT molecular complexity index is 233. The molecule has 0 aliphatic heterocycles. The van der Waals surface area contributed by atoms with Gasteiger partial charge in [-0.2, -0.15) is 13.1 Å². The van der Waals surface area contributed by atoms with Crippen molar-refractivity contribution in [1.29, 1.82) is 0 Å². The van der Waals surface area contributed by atoms with E-state index in [1.54, 1.807) is 13.8 Å². The molecule has 0 heterocycles. The van der Waals surface area contributed by atoms with E-state index in [4.69, 9.17) is 0 Å². The maximum absolute atomic E-state index is 11.0. The fraction of sp³-hybridized carbons (Fsp3) is 1.00. The molecule has 3 N–H and O–H groups in total. The predicted octanol–water partition coefficient (Wildman–Crippen LogP) is -0.800. The smallest absolute Gasteiger partial charge is 0.277 e. The molecule has 0 saturated carbocycles. The Morgan fingerprint density at radius 2 is 1.83 bits per heavy atom. The number of hydrogen-bond acceptors (Lipinski definition) is 3. The summed E-state index contributed by atoms with van der Waals surface area (Å²) in [6, 6.07) is 0. The molecule has 0 aromatic carbocycles. The van der Waals surface area contributed by atoms with Crippen LogP contribution in [0.5, 0.6) is 0 Å². The van der Waals surface area contributed by atoms with Crippen molar-refractivity contribution >= 4 is 10.2 Å². The highest BCUT2D eigenvalue weighted by atomic mass is 32.2. The van der Waals surface area contributed by atoms with Crippen LogP contribution in [0.4, 0.5) is 0 Å². The molecule has 1 atom stereocenters. The summed E-state index contributed by atoms with van der Waals surface area (Å²) < 4.78 is 26.4. The standard InChI is InChI=1S/C6H16N2O3S/c1-5(9)6(2,3)8-12(10,11)7-4/h5,7-9H,1-4H3. The summed E-state index contributed by atoms with van der Waals surface area (Å²) in [6.45, 7) is 4.73. The number of aliphatic hydroxyl groups excluding tert-OH is 1. The minimum Gasteiger partial charge on any atom is -0.391 e. The molecule has 6 heteroatoms. The average Bonchev–Trinajstić information content (AvgIpc) is 1.85. The predicted molar refractivity (Wildman–Crippen MR) is 46.9 cm³/mol. The van der Waals surface area contributed by atoms with Crippen molar-refractivity contribution in [2.24, 2.45) is 0 Å². The maximum atomic E-state index is 11.0. The Morgan fingerprint density at radius 3 is 2.08 bits per heavy atom. The van der Waals surface area contributed by atoms with Crippen LogP contribution in [-0.2, 0) is 10.2 Å². The summed E-state index contributed by atoms with van der Waals surface area (Å²) in [5, 5.41) is 9.18. The molecule has 5 nitrogen and oxygen atoms in total. The monoisotopic (exact) mass is 196 g/mol. The minimum atomic E-state index is -3.48. The minimum absolute atomic E-state index is 0.749. The normalized spacial score (nSPS) is 16.1. The van der Waals surface area contributed by atoms with E-state index in [0.29, 0.717) is 0 Å². The largest absolute Gasteiger partial charge is 0.391 e. The molecule has 1 unspecified atom stereocenters. The van der Waals surface area contributed by atoms with Gasteiger partial charge < -0.3 is 5.11 Å². The lowest BCUT2D eigenvalue weighted by atomic mass is 10.0. The molecule has 0 saturated heterocycles. The third-order valence-electron chi connectivity index (χ3n) is 1.71. The van der Waals surface area contributed by atoms with Gasteiger partial charge in [0.25, 0.3) is 10.2 Å². The third-order valence-corrected chi connectivity index (χ3v) is 3.04. The molecule has 0 amide bonds. The van der Waals surface area contributed by atoms with E-state index in [1.165, 1.54) is 14.0 Å². The lowest BCUT2D eigenvalue weighted by Gasteiger charge is -2.28. The van der Waals surface area contributed by atoms with Gasteiger partial charge in [0, 0.05) is 7.05 Å². The highest BCUT2D eigenvalue weighted by Crippen LogP contribution is 2.08. The summed E-state index contributed by atoms with van der Waals surface area (Å²) in [6.07, 6.45) is -0.749. The summed E-state index contributed by atoms with van der Waals surface area (Å²) in [5.74, 6) is 0. The van der Waals surface area contributed by atoms with Crippen LogP contribution in [0.2, 0.25) is 0 Å². The molecule has 0 bridgehead atoms. The van der Waals surface area contributed by atoms with Crippen LogP contribution in [0.3, 0.4) is 0 Å². The van der Waals surface area contributed by atoms with Gasteiger partial charge in [-0.05, 0) is 20.8 Å². The van der Waals surface area contributed by atoms with Gasteiger partial charge in [-0.1, -0.05) is 0 Å². The highest BCUT2D eigenvalue weighted by molar-refractivity contribution is 7.87. The quantitative estimate of drug-likeness (QED) is 0.551. The van der Waals surface area contributed by atoms with Crippen LogP contribution in [0.15, 0.2) is 0 Å². The van der Waals surface area contributed by atoms with Crippen LogP contribution < -0.4 is 9.44 Å². The lowest BCUT2D eigenvalue weighted by molar-refractivity contribution is 0.111. The molecule has 0 aromatic rings. The van der Waals surface area contributed by atoms with Crippen molar-refractivity contribution in [1.82, 2.24) is 9.44 Å². The van der Waals surface area contributed by atoms with E-state index in [1.807, 2.05) is 0 Å². The van der Waals surface area contributed by atoms with E-state index in [0.717, 1.165) is 0 Å². The molecular weight excluding hydrogens is 180 g/mol. The van der Waals surface area contributed by atoms with Gasteiger partial charge in [0.05, 0.1) is 11.6 Å². The van der Waals surface area contributed by atoms with Crippen molar-refractivity contribution in [3.05, 3.63) is 0 Å². The van der Waals surface area contributed by atoms with Gasteiger partial charge in [0.15, 0.2) is 0 Å². The van der Waals surface area contributed by atoms with E-state index in [2.05, 4.69) is 9.44 Å². The molecule has 74 valence electrons. The zero-order chi connectivity index (χ0) is 9.99. The summed E-state index contributed by atoms with van der Waals surface area (Å²) in [4.78, 5) is 0. The second-order valence-corrected chi connectivity index (χ2v) is 4.83. The molecule has 0 fully saturated rings. The Kier molecular flexibility index (Phi) is 3.64. The molecule has 0 aliphatic carbocycles. The number of aliphatic hydroxyl groups is 1. The summed E-state index contributed by atoms with van der Waals surface area (Å²) in [7, 11) is -2.18. The van der Waals surface area contributed by atoms with Crippen LogP contribution in [0.1, 0.15) is 20.8 Å². The van der Waals surface area contributed by atoms with E-state index in [9.17, 15) is 13.5 Å². The molecule has 0 rings (SSSR count). The van der Waals surface area contributed by atoms with Gasteiger partial charge >= 0.3 is 0 Å². The second-order valence-electron chi connectivity index (χ2n) is 3.21. The van der Waals surface area contributed by atoms with Gasteiger partial charge in [0.1, 0.15) is 0 Å². The third kappa shape index (κ3) is 3.48. The van der Waals surface area contributed by atoms with Gasteiger partial charge in [-0.3, -0.25) is 0 Å². The van der Waals surface area contributed by atoms with Gasteiger partial charge in [-0.15, -0.1) is 0 Å². The molecule has 12 heavy (non-hydrogen) atoms. The second kappa shape index (κ2) is 3.69. The first-order chi connectivity index (χ1) is 5.21. The van der Waals surface area contributed by atoms with E-state index < -0.39 is 21.9 Å². The molecule has 0 spiro atoms. The van der Waals surface area contributed by atoms with Crippen molar-refractivity contribution < 1.29 is 13.5 Å². The first-order valence-electron chi connectivity index (χ1n) is 3.62. The summed E-state index contributed by atoms with van der Waals surface area (Å²) in [5.41, 5.74) is -0.859. The fourth-order valence-electron chi connectivity index (χ4n) is 0.483.